The molecule has 0 aliphatic heterocycles. The summed E-state index contributed by atoms with van der Waals surface area (Å²) in [4.78, 5) is 24.1. The zero-order chi connectivity index (χ0) is 23.1. The molecule has 1 unspecified atom stereocenters. The number of rotatable bonds is 4. The second kappa shape index (κ2) is 8.24. The van der Waals surface area contributed by atoms with Gasteiger partial charge in [-0.15, -0.1) is 11.3 Å². The van der Waals surface area contributed by atoms with E-state index in [-0.39, 0.29) is 11.8 Å². The molecule has 9 heteroatoms. The van der Waals surface area contributed by atoms with Gasteiger partial charge in [0.05, 0.1) is 28.7 Å². The first-order valence-corrected chi connectivity index (χ1v) is 11.8. The largest absolute Gasteiger partial charge is 0.340 e. The van der Waals surface area contributed by atoms with E-state index in [1.807, 2.05) is 18.2 Å². The molecule has 1 aliphatic carbocycles. The highest BCUT2D eigenvalue weighted by atomic mass is 32.1. The van der Waals surface area contributed by atoms with Gasteiger partial charge in [-0.2, -0.15) is 10.4 Å². The van der Waals surface area contributed by atoms with Crippen LogP contribution in [-0.4, -0.2) is 26.1 Å². The number of nitrogens with one attached hydrogen (secondary N) is 3. The average molecular weight is 466 g/mol. The van der Waals surface area contributed by atoms with Gasteiger partial charge in [0.2, 0.25) is 5.91 Å². The van der Waals surface area contributed by atoms with Crippen LogP contribution in [0.25, 0.3) is 21.1 Å². The molecule has 3 aromatic heterocycles. The van der Waals surface area contributed by atoms with Crippen LogP contribution < -0.4 is 10.6 Å². The van der Waals surface area contributed by atoms with Crippen molar-refractivity contribution in [3.05, 3.63) is 71.0 Å². The van der Waals surface area contributed by atoms with Crippen molar-refractivity contribution in [1.29, 1.82) is 5.26 Å². The van der Waals surface area contributed by atoms with Crippen molar-refractivity contribution in [2.75, 3.05) is 10.6 Å². The summed E-state index contributed by atoms with van der Waals surface area (Å²) in [7, 11) is 0. The molecule has 0 bridgehead atoms. The molecular weight excluding hydrogens is 446 g/mol. The Labute approximate surface area is 198 Å². The van der Waals surface area contributed by atoms with E-state index in [4.69, 9.17) is 5.26 Å². The maximum absolute atomic E-state index is 12.9. The van der Waals surface area contributed by atoms with E-state index in [0.717, 1.165) is 45.5 Å². The van der Waals surface area contributed by atoms with Crippen LogP contribution in [-0.2, 0) is 17.6 Å². The third kappa shape index (κ3) is 3.64. The predicted molar refractivity (Wildman–Crippen MR) is 132 cm³/mol. The number of aryl methyl sites for hydroxylation is 1. The van der Waals surface area contributed by atoms with E-state index >= 15 is 0 Å². The average Bonchev–Trinajstić information content (AvgIpc) is 3.48. The maximum Gasteiger partial charge on any atom is 0.227 e. The van der Waals surface area contributed by atoms with Crippen molar-refractivity contribution in [3.8, 4) is 6.07 Å². The molecule has 2 aromatic carbocycles. The first-order valence-electron chi connectivity index (χ1n) is 10.9. The van der Waals surface area contributed by atoms with Crippen LogP contribution in [0.5, 0.6) is 0 Å². The molecule has 6 rings (SSSR count). The highest BCUT2D eigenvalue weighted by molar-refractivity contribution is 7.19. The minimum Gasteiger partial charge on any atom is -0.340 e. The number of carbonyl (C=O) groups excluding carboxylic acids is 1. The molecule has 0 saturated heterocycles. The number of fused-ring (bicyclic) bond motifs is 4. The molecule has 0 saturated carbocycles. The molecule has 166 valence electrons. The van der Waals surface area contributed by atoms with Crippen LogP contribution in [0.4, 0.5) is 17.2 Å². The molecule has 3 N–H and O–H groups in total. The van der Waals surface area contributed by atoms with E-state index < -0.39 is 0 Å². The smallest absolute Gasteiger partial charge is 0.227 e. The fraction of sp³-hybridized carbons (Fsp3) is 0.160. The number of nitriles is 1. The Balaban J connectivity index is 1.26. The number of carbonyl (C=O) groups is 1. The third-order valence-electron chi connectivity index (χ3n) is 6.18. The molecule has 8 nitrogen and oxygen atoms in total. The molecule has 3 heterocycles. The number of hydrogen-bond donors (Lipinski definition) is 3. The number of aromatic nitrogens is 4. The Kier molecular flexibility index (Phi) is 4.93. The molecule has 0 radical (unpaired) electrons. The normalized spacial score (nSPS) is 15.1. The minimum atomic E-state index is -0.126. The summed E-state index contributed by atoms with van der Waals surface area (Å²) in [5.41, 5.74) is 4.32. The summed E-state index contributed by atoms with van der Waals surface area (Å²) >= 11 is 1.63. The maximum atomic E-state index is 12.9. The summed E-state index contributed by atoms with van der Waals surface area (Å²) in [6.45, 7) is 0. The van der Waals surface area contributed by atoms with Gasteiger partial charge >= 0.3 is 0 Å². The van der Waals surface area contributed by atoms with Crippen molar-refractivity contribution in [2.24, 2.45) is 5.92 Å². The fourth-order valence-corrected chi connectivity index (χ4v) is 5.76. The van der Waals surface area contributed by atoms with Crippen molar-refractivity contribution < 1.29 is 4.79 Å². The molecular formula is C25H19N7OS. The van der Waals surface area contributed by atoms with Crippen LogP contribution in [0.1, 0.15) is 22.4 Å². The zero-order valence-corrected chi connectivity index (χ0v) is 18.8. The highest BCUT2D eigenvalue weighted by Crippen LogP contribution is 2.40. The van der Waals surface area contributed by atoms with Crippen LogP contribution in [0.2, 0.25) is 0 Å². The van der Waals surface area contributed by atoms with E-state index in [0.29, 0.717) is 17.7 Å². The topological polar surface area (TPSA) is 119 Å². The molecule has 1 aliphatic rings. The zero-order valence-electron chi connectivity index (χ0n) is 18.0. The Morgan fingerprint density at radius 3 is 3.03 bits per heavy atom. The summed E-state index contributed by atoms with van der Waals surface area (Å²) < 4.78 is 0. The van der Waals surface area contributed by atoms with Crippen LogP contribution in [0, 0.1) is 17.2 Å². The predicted octanol–water partition coefficient (Wildman–Crippen LogP) is 4.93. The SMILES string of the molecule is N#Cc1cccc(NC(=O)C2CCc3c(sc4ncnc(Nc5ccc6[nH]ncc6c5)c34)C2)c1. The standard InChI is InChI=1S/C25H19N7OS/c26-11-14-2-1-3-17(8-14)31-24(33)15-4-6-19-21(10-15)34-25-22(19)23(27-13-28-25)30-18-5-7-20-16(9-18)12-29-32-20/h1-3,5,7-9,12-13,15H,4,6,10H2,(H,29,32)(H,31,33)(H,27,28,30). The van der Waals surface area contributed by atoms with Gasteiger partial charge in [-0.05, 0) is 61.2 Å². The lowest BCUT2D eigenvalue weighted by molar-refractivity contribution is -0.120. The molecule has 34 heavy (non-hydrogen) atoms. The molecule has 1 amide bonds. The van der Waals surface area contributed by atoms with Gasteiger partial charge < -0.3 is 10.6 Å². The van der Waals surface area contributed by atoms with Crippen LogP contribution in [0.15, 0.2) is 55.0 Å². The number of thiophene rings is 1. The van der Waals surface area contributed by atoms with Crippen LogP contribution in [0.3, 0.4) is 0 Å². The van der Waals surface area contributed by atoms with Gasteiger partial charge in [0.15, 0.2) is 0 Å². The second-order valence-corrected chi connectivity index (χ2v) is 9.41. The fourth-order valence-electron chi connectivity index (χ4n) is 4.50. The van der Waals surface area contributed by atoms with Crippen molar-refractivity contribution in [2.45, 2.75) is 19.3 Å². The third-order valence-corrected chi connectivity index (χ3v) is 7.34. The number of H-pyrrole nitrogens is 1. The van der Waals surface area contributed by atoms with Gasteiger partial charge in [-0.25, -0.2) is 9.97 Å². The summed E-state index contributed by atoms with van der Waals surface area (Å²) in [6.07, 6.45) is 5.58. The van der Waals surface area contributed by atoms with Gasteiger partial charge in [-0.3, -0.25) is 9.89 Å². The van der Waals surface area contributed by atoms with Gasteiger partial charge in [0.1, 0.15) is 17.0 Å². The number of hydrogen-bond acceptors (Lipinski definition) is 7. The Morgan fingerprint density at radius 1 is 1.18 bits per heavy atom. The molecule has 0 spiro atoms. The van der Waals surface area contributed by atoms with Crippen molar-refractivity contribution in [1.82, 2.24) is 20.2 Å². The second-order valence-electron chi connectivity index (χ2n) is 8.32. The van der Waals surface area contributed by atoms with E-state index in [1.54, 1.807) is 48.1 Å². The van der Waals surface area contributed by atoms with E-state index in [2.05, 4.69) is 36.9 Å². The number of aromatic amines is 1. The molecule has 5 aromatic rings. The lowest BCUT2D eigenvalue weighted by Crippen LogP contribution is -2.27. The number of anilines is 3. The summed E-state index contributed by atoms with van der Waals surface area (Å²) in [5.74, 6) is 0.636. The van der Waals surface area contributed by atoms with Crippen molar-refractivity contribution >= 4 is 55.6 Å². The lowest BCUT2D eigenvalue weighted by Gasteiger charge is -2.22. The highest BCUT2D eigenvalue weighted by Gasteiger charge is 2.29. The molecule has 1 atom stereocenters. The Morgan fingerprint density at radius 2 is 2.12 bits per heavy atom. The van der Waals surface area contributed by atoms with E-state index in [9.17, 15) is 4.79 Å². The quantitative estimate of drug-likeness (QED) is 0.346. The summed E-state index contributed by atoms with van der Waals surface area (Å²) in [6, 6.07) is 15.1. The van der Waals surface area contributed by atoms with Gasteiger partial charge in [0.25, 0.3) is 0 Å². The van der Waals surface area contributed by atoms with Crippen LogP contribution >= 0.6 is 11.3 Å². The monoisotopic (exact) mass is 465 g/mol. The minimum absolute atomic E-state index is 0.0176. The summed E-state index contributed by atoms with van der Waals surface area (Å²) in [5, 5.41) is 24.6. The first kappa shape index (κ1) is 20.3. The van der Waals surface area contributed by atoms with Gasteiger partial charge in [0, 0.05) is 27.6 Å². The molecule has 0 fully saturated rings. The lowest BCUT2D eigenvalue weighted by atomic mass is 9.87. The van der Waals surface area contributed by atoms with Gasteiger partial charge in [-0.1, -0.05) is 6.07 Å². The first-order chi connectivity index (χ1) is 16.7. The Hall–Kier alpha value is -4.29. The Bertz CT molecular complexity index is 1600. The van der Waals surface area contributed by atoms with Crippen molar-refractivity contribution in [3.63, 3.8) is 0 Å². The number of amides is 1. The number of benzene rings is 2. The number of nitrogens with zero attached hydrogens (tertiary/aromatic N) is 4. The van der Waals surface area contributed by atoms with E-state index in [1.165, 1.54) is 10.4 Å².